The summed E-state index contributed by atoms with van der Waals surface area (Å²) in [6.07, 6.45) is 4.70. The van der Waals surface area contributed by atoms with Crippen LogP contribution in [0.15, 0.2) is 54.6 Å². The van der Waals surface area contributed by atoms with Gasteiger partial charge in [-0.1, -0.05) is 49.4 Å². The fraction of sp³-hybridized carbons (Fsp3) is 0.480. The molecule has 1 saturated carbocycles. The van der Waals surface area contributed by atoms with Gasteiger partial charge in [-0.25, -0.2) is 4.39 Å². The predicted molar refractivity (Wildman–Crippen MR) is 113 cm³/mol. The Kier molecular flexibility index (Phi) is 5.73. The third-order valence-electron chi connectivity index (χ3n) is 7.40. The molecule has 3 nitrogen and oxygen atoms in total. The van der Waals surface area contributed by atoms with Gasteiger partial charge in [0.05, 0.1) is 5.41 Å². The van der Waals surface area contributed by atoms with Gasteiger partial charge in [-0.15, -0.1) is 0 Å². The van der Waals surface area contributed by atoms with Gasteiger partial charge >= 0.3 is 5.97 Å². The van der Waals surface area contributed by atoms with Crippen molar-refractivity contribution in [2.75, 3.05) is 13.1 Å². The summed E-state index contributed by atoms with van der Waals surface area (Å²) >= 11 is 0. The SMILES string of the molecule is CC1C[C@@H](N2CCC(c3ccc(F)cc3)CC2)CC[C@]1(C(=O)O)c1ccccc1. The van der Waals surface area contributed by atoms with Crippen molar-refractivity contribution in [1.29, 1.82) is 0 Å². The first-order chi connectivity index (χ1) is 14.0. The first kappa shape index (κ1) is 20.1. The minimum Gasteiger partial charge on any atom is -0.481 e. The molecule has 29 heavy (non-hydrogen) atoms. The number of hydrogen-bond acceptors (Lipinski definition) is 2. The molecular formula is C25H30FNO2. The summed E-state index contributed by atoms with van der Waals surface area (Å²) in [6, 6.07) is 17.2. The van der Waals surface area contributed by atoms with Crippen LogP contribution in [0.5, 0.6) is 0 Å². The van der Waals surface area contributed by atoms with E-state index in [4.69, 9.17) is 0 Å². The van der Waals surface area contributed by atoms with E-state index in [1.807, 2.05) is 42.5 Å². The quantitative estimate of drug-likeness (QED) is 0.772. The van der Waals surface area contributed by atoms with Crippen LogP contribution in [0.4, 0.5) is 4.39 Å². The molecule has 1 unspecified atom stereocenters. The molecule has 3 atom stereocenters. The van der Waals surface area contributed by atoms with Crippen LogP contribution in [0.2, 0.25) is 0 Å². The van der Waals surface area contributed by atoms with Gasteiger partial charge in [0.2, 0.25) is 0 Å². The lowest BCUT2D eigenvalue weighted by molar-refractivity contribution is -0.148. The Morgan fingerprint density at radius 1 is 1.03 bits per heavy atom. The molecule has 4 rings (SSSR count). The summed E-state index contributed by atoms with van der Waals surface area (Å²) in [6.45, 7) is 4.17. The number of aliphatic carboxylic acids is 1. The molecule has 1 N–H and O–H groups in total. The maximum atomic E-state index is 13.2. The van der Waals surface area contributed by atoms with Crippen molar-refractivity contribution in [3.05, 3.63) is 71.5 Å². The Morgan fingerprint density at radius 2 is 1.69 bits per heavy atom. The van der Waals surface area contributed by atoms with Crippen LogP contribution in [0.25, 0.3) is 0 Å². The highest BCUT2D eigenvalue weighted by atomic mass is 19.1. The van der Waals surface area contributed by atoms with E-state index in [1.54, 1.807) is 12.1 Å². The standard InChI is InChI=1S/C25H30FNO2/c1-18-17-23(11-14-25(18,24(28)29)21-5-3-2-4-6-21)27-15-12-20(13-16-27)19-7-9-22(26)10-8-19/h2-10,18,20,23H,11-17H2,1H3,(H,28,29)/t18?,23-,25+/m0/s1. The molecular weight excluding hydrogens is 365 g/mol. The summed E-state index contributed by atoms with van der Waals surface area (Å²) in [4.78, 5) is 14.9. The summed E-state index contributed by atoms with van der Waals surface area (Å²) in [5, 5.41) is 10.1. The molecule has 154 valence electrons. The summed E-state index contributed by atoms with van der Waals surface area (Å²) in [5.41, 5.74) is 1.40. The van der Waals surface area contributed by atoms with Crippen molar-refractivity contribution in [1.82, 2.24) is 4.90 Å². The number of carbonyl (C=O) groups is 1. The third kappa shape index (κ3) is 3.83. The van der Waals surface area contributed by atoms with Crippen molar-refractivity contribution in [3.8, 4) is 0 Å². The molecule has 2 fully saturated rings. The van der Waals surface area contributed by atoms with Crippen LogP contribution in [-0.2, 0) is 10.2 Å². The van der Waals surface area contributed by atoms with Crippen molar-refractivity contribution < 1.29 is 14.3 Å². The molecule has 0 spiro atoms. The van der Waals surface area contributed by atoms with Gasteiger partial charge in [-0.2, -0.15) is 0 Å². The number of carboxylic acid groups (broad SMARTS) is 1. The van der Waals surface area contributed by atoms with E-state index in [9.17, 15) is 14.3 Å². The highest BCUT2D eigenvalue weighted by Gasteiger charge is 2.49. The molecule has 1 aliphatic heterocycles. The van der Waals surface area contributed by atoms with Crippen molar-refractivity contribution in [2.24, 2.45) is 5.92 Å². The fourth-order valence-corrected chi connectivity index (χ4v) is 5.64. The largest absolute Gasteiger partial charge is 0.481 e. The number of nitrogens with zero attached hydrogens (tertiary/aromatic N) is 1. The summed E-state index contributed by atoms with van der Waals surface area (Å²) < 4.78 is 13.2. The first-order valence-electron chi connectivity index (χ1n) is 10.8. The Hall–Kier alpha value is -2.20. The number of halogens is 1. The summed E-state index contributed by atoms with van der Waals surface area (Å²) in [7, 11) is 0. The lowest BCUT2D eigenvalue weighted by Gasteiger charge is -2.47. The third-order valence-corrected chi connectivity index (χ3v) is 7.40. The molecule has 2 aliphatic rings. The minimum atomic E-state index is -0.774. The Morgan fingerprint density at radius 3 is 2.28 bits per heavy atom. The molecule has 2 aromatic carbocycles. The molecule has 1 heterocycles. The second kappa shape index (κ2) is 8.27. The smallest absolute Gasteiger partial charge is 0.314 e. The number of hydrogen-bond donors (Lipinski definition) is 1. The topological polar surface area (TPSA) is 40.5 Å². The molecule has 0 bridgehead atoms. The number of rotatable bonds is 4. The lowest BCUT2D eigenvalue weighted by atomic mass is 9.61. The van der Waals surface area contributed by atoms with Crippen LogP contribution in [-0.4, -0.2) is 35.1 Å². The van der Waals surface area contributed by atoms with Crippen LogP contribution >= 0.6 is 0 Å². The Balaban J connectivity index is 1.41. The van der Waals surface area contributed by atoms with Gasteiger partial charge in [0, 0.05) is 6.04 Å². The molecule has 1 saturated heterocycles. The average molecular weight is 396 g/mol. The highest BCUT2D eigenvalue weighted by Crippen LogP contribution is 2.46. The van der Waals surface area contributed by atoms with Gasteiger partial charge < -0.3 is 10.0 Å². The molecule has 0 aromatic heterocycles. The zero-order valence-electron chi connectivity index (χ0n) is 17.1. The normalized spacial score (nSPS) is 28.9. The number of carboxylic acids is 1. The summed E-state index contributed by atoms with van der Waals surface area (Å²) in [5.74, 6) is -0.279. The van der Waals surface area contributed by atoms with Gasteiger partial charge in [-0.3, -0.25) is 4.79 Å². The van der Waals surface area contributed by atoms with E-state index in [2.05, 4.69) is 11.8 Å². The van der Waals surface area contributed by atoms with Gasteiger partial charge in [0.15, 0.2) is 0 Å². The molecule has 0 amide bonds. The number of benzene rings is 2. The van der Waals surface area contributed by atoms with Crippen LogP contribution in [0.1, 0.15) is 56.1 Å². The Bertz CT molecular complexity index is 830. The van der Waals surface area contributed by atoms with E-state index in [-0.39, 0.29) is 11.7 Å². The molecule has 0 radical (unpaired) electrons. The fourth-order valence-electron chi connectivity index (χ4n) is 5.64. The average Bonchev–Trinajstić information content (AvgIpc) is 2.75. The van der Waals surface area contributed by atoms with Crippen LogP contribution < -0.4 is 0 Å². The van der Waals surface area contributed by atoms with Gasteiger partial charge in [0.1, 0.15) is 5.82 Å². The maximum absolute atomic E-state index is 13.2. The lowest BCUT2D eigenvalue weighted by Crippen LogP contribution is -2.52. The van der Waals surface area contributed by atoms with E-state index < -0.39 is 11.4 Å². The van der Waals surface area contributed by atoms with Crippen molar-refractivity contribution in [2.45, 2.75) is 56.4 Å². The van der Waals surface area contributed by atoms with Crippen LogP contribution in [0.3, 0.4) is 0 Å². The zero-order valence-corrected chi connectivity index (χ0v) is 17.1. The monoisotopic (exact) mass is 395 g/mol. The first-order valence-corrected chi connectivity index (χ1v) is 10.8. The Labute approximate surface area is 172 Å². The van der Waals surface area contributed by atoms with Crippen molar-refractivity contribution in [3.63, 3.8) is 0 Å². The second-order valence-corrected chi connectivity index (χ2v) is 8.83. The maximum Gasteiger partial charge on any atom is 0.314 e. The second-order valence-electron chi connectivity index (χ2n) is 8.83. The predicted octanol–water partition coefficient (Wildman–Crippen LogP) is 5.22. The van der Waals surface area contributed by atoms with Gasteiger partial charge in [-0.05, 0) is 80.3 Å². The minimum absolute atomic E-state index is 0.0935. The molecule has 1 aliphatic carbocycles. The van der Waals surface area contributed by atoms with Crippen molar-refractivity contribution >= 4 is 5.97 Å². The van der Waals surface area contributed by atoms with E-state index >= 15 is 0 Å². The number of likely N-dealkylation sites (tertiary alicyclic amines) is 1. The molecule has 2 aromatic rings. The van der Waals surface area contributed by atoms with Gasteiger partial charge in [0.25, 0.3) is 0 Å². The molecule has 4 heteroatoms. The van der Waals surface area contributed by atoms with Crippen LogP contribution in [0, 0.1) is 11.7 Å². The van der Waals surface area contributed by atoms with E-state index in [0.717, 1.165) is 44.3 Å². The van der Waals surface area contributed by atoms with E-state index in [1.165, 1.54) is 5.56 Å². The van der Waals surface area contributed by atoms with E-state index in [0.29, 0.717) is 18.4 Å². The number of piperidine rings is 1. The highest BCUT2D eigenvalue weighted by molar-refractivity contribution is 5.82. The zero-order chi connectivity index (χ0) is 20.4.